The Labute approximate surface area is 166 Å². The second-order valence-corrected chi connectivity index (χ2v) is 7.64. The highest BCUT2D eigenvalue weighted by Crippen LogP contribution is 2.22. The van der Waals surface area contributed by atoms with E-state index in [2.05, 4.69) is 5.32 Å². The Morgan fingerprint density at radius 1 is 1.18 bits per heavy atom. The van der Waals surface area contributed by atoms with Crippen LogP contribution in [0.2, 0.25) is 0 Å². The number of hydrogen-bond donors (Lipinski definition) is 2. The van der Waals surface area contributed by atoms with E-state index in [0.717, 1.165) is 24.2 Å². The zero-order valence-electron chi connectivity index (χ0n) is 16.6. The smallest absolute Gasteiger partial charge is 0.239 e. The van der Waals surface area contributed by atoms with Gasteiger partial charge in [0, 0.05) is 38.8 Å². The Kier molecular flexibility index (Phi) is 7.28. The first-order chi connectivity index (χ1) is 13.6. The molecule has 7 nitrogen and oxygen atoms in total. The number of ether oxygens (including phenoxy) is 2. The van der Waals surface area contributed by atoms with E-state index >= 15 is 0 Å². The van der Waals surface area contributed by atoms with Crippen LogP contribution in [0.4, 0.5) is 0 Å². The summed E-state index contributed by atoms with van der Waals surface area (Å²) in [4.78, 5) is 27.0. The molecule has 1 aromatic rings. The topological polar surface area (TPSA) is 93.9 Å². The molecule has 7 heteroatoms. The van der Waals surface area contributed by atoms with Gasteiger partial charge in [0.1, 0.15) is 5.75 Å². The molecule has 0 spiro atoms. The SMILES string of the molecule is COc1ccc(CNC(=O)C2CCN(C(=O)C(N)C3CCOCC3)CC2)cc1. The second kappa shape index (κ2) is 9.89. The number of nitrogens with zero attached hydrogens (tertiary/aromatic N) is 1. The van der Waals surface area contributed by atoms with Crippen LogP contribution in [0.15, 0.2) is 24.3 Å². The first kappa shape index (κ1) is 20.6. The summed E-state index contributed by atoms with van der Waals surface area (Å²) in [5.41, 5.74) is 7.25. The molecule has 2 amide bonds. The molecule has 0 saturated carbocycles. The van der Waals surface area contributed by atoms with Crippen LogP contribution in [-0.2, 0) is 20.9 Å². The fraction of sp³-hybridized carbons (Fsp3) is 0.619. The minimum atomic E-state index is -0.454. The maximum Gasteiger partial charge on any atom is 0.239 e. The Hall–Kier alpha value is -2.12. The lowest BCUT2D eigenvalue weighted by Gasteiger charge is -2.35. The van der Waals surface area contributed by atoms with E-state index in [1.54, 1.807) is 7.11 Å². The van der Waals surface area contributed by atoms with E-state index in [-0.39, 0.29) is 23.7 Å². The zero-order valence-corrected chi connectivity index (χ0v) is 16.6. The highest BCUT2D eigenvalue weighted by atomic mass is 16.5. The molecule has 154 valence electrons. The van der Waals surface area contributed by atoms with Crippen molar-refractivity contribution in [3.8, 4) is 5.75 Å². The van der Waals surface area contributed by atoms with Crippen molar-refractivity contribution in [3.63, 3.8) is 0 Å². The summed E-state index contributed by atoms with van der Waals surface area (Å²) in [5.74, 6) is 1.01. The van der Waals surface area contributed by atoms with Gasteiger partial charge in [-0.1, -0.05) is 12.1 Å². The lowest BCUT2D eigenvalue weighted by molar-refractivity contribution is -0.138. The van der Waals surface area contributed by atoms with Crippen molar-refractivity contribution in [2.45, 2.75) is 38.3 Å². The van der Waals surface area contributed by atoms with Gasteiger partial charge in [-0.25, -0.2) is 0 Å². The fourth-order valence-electron chi connectivity index (χ4n) is 3.93. The quantitative estimate of drug-likeness (QED) is 0.765. The van der Waals surface area contributed by atoms with Gasteiger partial charge < -0.3 is 25.4 Å². The number of amides is 2. The molecule has 0 aromatic heterocycles. The fourth-order valence-corrected chi connectivity index (χ4v) is 3.93. The largest absolute Gasteiger partial charge is 0.497 e. The van der Waals surface area contributed by atoms with Crippen LogP contribution in [-0.4, -0.2) is 56.2 Å². The molecule has 1 atom stereocenters. The van der Waals surface area contributed by atoms with Gasteiger partial charge in [0.05, 0.1) is 13.2 Å². The van der Waals surface area contributed by atoms with Crippen molar-refractivity contribution < 1.29 is 19.1 Å². The van der Waals surface area contributed by atoms with Crippen LogP contribution in [0.3, 0.4) is 0 Å². The average molecular weight is 389 g/mol. The van der Waals surface area contributed by atoms with Gasteiger partial charge in [0.2, 0.25) is 11.8 Å². The van der Waals surface area contributed by atoms with Crippen LogP contribution in [0, 0.1) is 11.8 Å². The molecule has 2 heterocycles. The molecule has 28 heavy (non-hydrogen) atoms. The van der Waals surface area contributed by atoms with E-state index < -0.39 is 6.04 Å². The summed E-state index contributed by atoms with van der Waals surface area (Å²) in [6, 6.07) is 7.20. The molecule has 2 aliphatic heterocycles. The number of carbonyl (C=O) groups excluding carboxylic acids is 2. The number of likely N-dealkylation sites (tertiary alicyclic amines) is 1. The highest BCUT2D eigenvalue weighted by Gasteiger charge is 2.33. The van der Waals surface area contributed by atoms with Crippen molar-refractivity contribution >= 4 is 11.8 Å². The van der Waals surface area contributed by atoms with Crippen LogP contribution < -0.4 is 15.8 Å². The normalized spacial score (nSPS) is 19.9. The molecular weight excluding hydrogens is 358 g/mol. The first-order valence-corrected chi connectivity index (χ1v) is 10.1. The Bertz CT molecular complexity index is 650. The molecule has 0 radical (unpaired) electrons. The van der Waals surface area contributed by atoms with Crippen LogP contribution in [0.25, 0.3) is 0 Å². The van der Waals surface area contributed by atoms with Crippen LogP contribution in [0.5, 0.6) is 5.75 Å². The molecule has 2 aliphatic rings. The third-order valence-electron chi connectivity index (χ3n) is 5.86. The van der Waals surface area contributed by atoms with Gasteiger partial charge in [-0.2, -0.15) is 0 Å². The maximum atomic E-state index is 12.7. The monoisotopic (exact) mass is 389 g/mol. The van der Waals surface area contributed by atoms with Crippen molar-refractivity contribution in [1.82, 2.24) is 10.2 Å². The lowest BCUT2D eigenvalue weighted by atomic mass is 9.90. The van der Waals surface area contributed by atoms with E-state index in [1.807, 2.05) is 29.2 Å². The number of carbonyl (C=O) groups is 2. The molecule has 2 saturated heterocycles. The number of rotatable bonds is 6. The molecular formula is C21H31N3O4. The first-order valence-electron chi connectivity index (χ1n) is 10.1. The van der Waals surface area contributed by atoms with Gasteiger partial charge in [0.25, 0.3) is 0 Å². The van der Waals surface area contributed by atoms with Crippen molar-refractivity contribution in [2.24, 2.45) is 17.6 Å². The Morgan fingerprint density at radius 3 is 2.43 bits per heavy atom. The predicted molar refractivity (Wildman–Crippen MR) is 106 cm³/mol. The summed E-state index contributed by atoms with van der Waals surface area (Å²) in [6.45, 7) is 3.05. The lowest BCUT2D eigenvalue weighted by Crippen LogP contribution is -2.52. The van der Waals surface area contributed by atoms with Gasteiger partial charge in [0.15, 0.2) is 0 Å². The van der Waals surface area contributed by atoms with Gasteiger partial charge in [-0.3, -0.25) is 9.59 Å². The number of benzene rings is 1. The predicted octanol–water partition coefficient (Wildman–Crippen LogP) is 1.30. The van der Waals surface area contributed by atoms with Crippen LogP contribution in [0.1, 0.15) is 31.2 Å². The molecule has 3 rings (SSSR count). The number of nitrogens with two attached hydrogens (primary N) is 1. The standard InChI is InChI=1S/C21H31N3O4/c1-27-18-4-2-15(3-5-18)14-23-20(25)17-6-10-24(11-7-17)21(26)19(22)16-8-12-28-13-9-16/h2-5,16-17,19H,6-14,22H2,1H3,(H,23,25). The average Bonchev–Trinajstić information content (AvgIpc) is 2.77. The van der Waals surface area contributed by atoms with Crippen molar-refractivity contribution in [2.75, 3.05) is 33.4 Å². The number of methoxy groups -OCH3 is 1. The Balaban J connectivity index is 1.42. The summed E-state index contributed by atoms with van der Waals surface area (Å²) < 4.78 is 10.5. The van der Waals surface area contributed by atoms with E-state index in [1.165, 1.54) is 0 Å². The Morgan fingerprint density at radius 2 is 1.82 bits per heavy atom. The van der Waals surface area contributed by atoms with Crippen molar-refractivity contribution in [1.29, 1.82) is 0 Å². The molecule has 1 unspecified atom stereocenters. The van der Waals surface area contributed by atoms with Gasteiger partial charge in [-0.05, 0) is 49.3 Å². The second-order valence-electron chi connectivity index (χ2n) is 7.64. The van der Waals surface area contributed by atoms with Crippen LogP contribution >= 0.6 is 0 Å². The van der Waals surface area contributed by atoms with E-state index in [9.17, 15) is 9.59 Å². The third-order valence-corrected chi connectivity index (χ3v) is 5.86. The number of piperidine rings is 1. The van der Waals surface area contributed by atoms with Gasteiger partial charge in [-0.15, -0.1) is 0 Å². The van der Waals surface area contributed by atoms with E-state index in [4.69, 9.17) is 15.2 Å². The minimum Gasteiger partial charge on any atom is -0.497 e. The summed E-state index contributed by atoms with van der Waals surface area (Å²) in [6.07, 6.45) is 3.05. The highest BCUT2D eigenvalue weighted by molar-refractivity contribution is 5.83. The summed E-state index contributed by atoms with van der Waals surface area (Å²) >= 11 is 0. The summed E-state index contributed by atoms with van der Waals surface area (Å²) in [5, 5.41) is 3.00. The van der Waals surface area contributed by atoms with E-state index in [0.29, 0.717) is 45.7 Å². The molecule has 0 bridgehead atoms. The molecule has 0 aliphatic carbocycles. The number of hydrogen-bond acceptors (Lipinski definition) is 5. The van der Waals surface area contributed by atoms with Gasteiger partial charge >= 0.3 is 0 Å². The summed E-state index contributed by atoms with van der Waals surface area (Å²) in [7, 11) is 1.63. The van der Waals surface area contributed by atoms with Crippen molar-refractivity contribution in [3.05, 3.63) is 29.8 Å². The molecule has 3 N–H and O–H groups in total. The third kappa shape index (κ3) is 5.23. The molecule has 1 aromatic carbocycles. The zero-order chi connectivity index (χ0) is 19.9. The molecule has 2 fully saturated rings. The number of nitrogens with one attached hydrogen (secondary N) is 1. The maximum absolute atomic E-state index is 12.7. The minimum absolute atomic E-state index is 0.0176.